The Bertz CT molecular complexity index is 1220. The summed E-state index contributed by atoms with van der Waals surface area (Å²) >= 11 is 0. The van der Waals surface area contributed by atoms with Gasteiger partial charge in [-0.25, -0.2) is 0 Å². The molecule has 2 aromatic carbocycles. The molecule has 7 heteroatoms. The van der Waals surface area contributed by atoms with E-state index in [0.717, 1.165) is 32.1 Å². The number of carbonyl (C=O) groups excluding carboxylic acids is 3. The number of ketones is 1. The van der Waals surface area contributed by atoms with Gasteiger partial charge in [-0.2, -0.15) is 0 Å². The van der Waals surface area contributed by atoms with Crippen molar-refractivity contribution in [3.63, 3.8) is 0 Å². The third kappa shape index (κ3) is 6.42. The van der Waals surface area contributed by atoms with Gasteiger partial charge < -0.3 is 10.1 Å². The predicted molar refractivity (Wildman–Crippen MR) is 143 cm³/mol. The summed E-state index contributed by atoms with van der Waals surface area (Å²) in [6.45, 7) is 3.90. The quantitative estimate of drug-likeness (QED) is 0.392. The number of rotatable bonds is 9. The maximum Gasteiger partial charge on any atom is 0.277 e. The molecule has 3 aromatic rings. The summed E-state index contributed by atoms with van der Waals surface area (Å²) < 4.78 is 5.60. The van der Waals surface area contributed by atoms with Gasteiger partial charge in [-0.15, -0.1) is 0 Å². The Kier molecular flexibility index (Phi) is 8.67. The smallest absolute Gasteiger partial charge is 0.277 e. The molecule has 1 aliphatic rings. The van der Waals surface area contributed by atoms with Gasteiger partial charge in [0.15, 0.2) is 5.78 Å². The standard InChI is InChI=1S/C30H33N3O4/c1-3-37-26-17-15-22(16-18-26)28(29(35)32-24-11-5-4-6-12-24)33(30(36)27-14-7-8-19-31-27)25-13-9-10-23(20-25)21(2)34/h7-10,13-20,24,28H,3-6,11-12H2,1-2H3,(H,32,35)/t28-/m0/s1. The summed E-state index contributed by atoms with van der Waals surface area (Å²) in [5, 5.41) is 3.20. The SMILES string of the molecule is CCOc1ccc([C@@H](C(=O)NC2CCCCC2)N(C(=O)c2ccccn2)c2cccc(C(C)=O)c2)cc1. The Hall–Kier alpha value is -4.00. The zero-order valence-electron chi connectivity index (χ0n) is 21.4. The number of nitrogens with zero attached hydrogens (tertiary/aromatic N) is 2. The predicted octanol–water partition coefficient (Wildman–Crippen LogP) is 5.52. The molecular weight excluding hydrogens is 466 g/mol. The van der Waals surface area contributed by atoms with Gasteiger partial charge in [0.25, 0.3) is 5.91 Å². The first kappa shape index (κ1) is 26.1. The van der Waals surface area contributed by atoms with Crippen molar-refractivity contribution in [2.45, 2.75) is 58.0 Å². The molecule has 192 valence electrons. The fourth-order valence-corrected chi connectivity index (χ4v) is 4.73. The van der Waals surface area contributed by atoms with Crippen LogP contribution < -0.4 is 15.0 Å². The fraction of sp³-hybridized carbons (Fsp3) is 0.333. The number of carbonyl (C=O) groups is 3. The largest absolute Gasteiger partial charge is 0.494 e. The van der Waals surface area contributed by atoms with Crippen molar-refractivity contribution in [1.82, 2.24) is 10.3 Å². The molecule has 0 unspecified atom stereocenters. The average Bonchev–Trinajstić information content (AvgIpc) is 2.93. The van der Waals surface area contributed by atoms with Gasteiger partial charge in [0.05, 0.1) is 6.61 Å². The molecular formula is C30H33N3O4. The van der Waals surface area contributed by atoms with Gasteiger partial charge in [-0.05, 0) is 68.7 Å². The van der Waals surface area contributed by atoms with E-state index in [1.165, 1.54) is 11.8 Å². The molecule has 1 fully saturated rings. The summed E-state index contributed by atoms with van der Waals surface area (Å²) in [6, 6.07) is 18.2. The summed E-state index contributed by atoms with van der Waals surface area (Å²) in [4.78, 5) is 45.8. The number of Topliss-reactive ketones (excluding diaryl/α,β-unsaturated/α-hetero) is 1. The average molecular weight is 500 g/mol. The van der Waals surface area contributed by atoms with Crippen LogP contribution in [0.15, 0.2) is 72.9 Å². The lowest BCUT2D eigenvalue weighted by Gasteiger charge is -2.33. The Balaban J connectivity index is 1.82. The van der Waals surface area contributed by atoms with Crippen molar-refractivity contribution in [3.05, 3.63) is 89.7 Å². The summed E-state index contributed by atoms with van der Waals surface area (Å²) in [5.41, 5.74) is 1.74. The minimum absolute atomic E-state index is 0.0572. The maximum atomic E-state index is 14.0. The summed E-state index contributed by atoms with van der Waals surface area (Å²) in [6.07, 6.45) is 6.67. The van der Waals surface area contributed by atoms with Gasteiger partial charge in [-0.3, -0.25) is 24.3 Å². The Morgan fingerprint density at radius 2 is 1.76 bits per heavy atom. The molecule has 7 nitrogen and oxygen atoms in total. The van der Waals surface area contributed by atoms with Crippen LogP contribution >= 0.6 is 0 Å². The van der Waals surface area contributed by atoms with E-state index in [9.17, 15) is 14.4 Å². The molecule has 4 rings (SSSR count). The molecule has 1 N–H and O–H groups in total. The molecule has 0 radical (unpaired) electrons. The molecule has 1 aliphatic carbocycles. The van der Waals surface area contributed by atoms with Crippen LogP contribution in [0.2, 0.25) is 0 Å². The number of anilines is 1. The number of amides is 2. The van der Waals surface area contributed by atoms with Gasteiger partial charge in [0, 0.05) is 23.5 Å². The number of pyridine rings is 1. The number of benzene rings is 2. The molecule has 1 saturated carbocycles. The minimum atomic E-state index is -0.977. The Labute approximate surface area is 217 Å². The van der Waals surface area contributed by atoms with Crippen LogP contribution in [0.3, 0.4) is 0 Å². The number of hydrogen-bond acceptors (Lipinski definition) is 5. The highest BCUT2D eigenvalue weighted by molar-refractivity contribution is 6.09. The Morgan fingerprint density at radius 3 is 2.41 bits per heavy atom. The van der Waals surface area contributed by atoms with Crippen LogP contribution in [0.4, 0.5) is 5.69 Å². The molecule has 1 aromatic heterocycles. The van der Waals surface area contributed by atoms with Crippen molar-refractivity contribution in [2.75, 3.05) is 11.5 Å². The third-order valence-electron chi connectivity index (χ3n) is 6.60. The highest BCUT2D eigenvalue weighted by atomic mass is 16.5. The first-order valence-electron chi connectivity index (χ1n) is 12.9. The van der Waals surface area contributed by atoms with Crippen LogP contribution in [-0.4, -0.2) is 35.2 Å². The first-order chi connectivity index (χ1) is 18.0. The second-order valence-electron chi connectivity index (χ2n) is 9.24. The van der Waals surface area contributed by atoms with E-state index in [1.54, 1.807) is 60.8 Å². The minimum Gasteiger partial charge on any atom is -0.494 e. The fourth-order valence-electron chi connectivity index (χ4n) is 4.73. The summed E-state index contributed by atoms with van der Waals surface area (Å²) in [7, 11) is 0. The molecule has 37 heavy (non-hydrogen) atoms. The van der Waals surface area contributed by atoms with E-state index < -0.39 is 11.9 Å². The van der Waals surface area contributed by atoms with Gasteiger partial charge in [-0.1, -0.05) is 49.6 Å². The molecule has 0 aliphatic heterocycles. The zero-order chi connectivity index (χ0) is 26.2. The second-order valence-corrected chi connectivity index (χ2v) is 9.24. The van der Waals surface area contributed by atoms with Gasteiger partial charge in [0.2, 0.25) is 5.91 Å². The Morgan fingerprint density at radius 1 is 1.00 bits per heavy atom. The van der Waals surface area contributed by atoms with Crippen molar-refractivity contribution >= 4 is 23.3 Å². The molecule has 1 atom stereocenters. The van der Waals surface area contributed by atoms with Crippen molar-refractivity contribution in [3.8, 4) is 5.75 Å². The van der Waals surface area contributed by atoms with E-state index in [4.69, 9.17) is 4.74 Å². The normalized spacial score (nSPS) is 14.4. The van der Waals surface area contributed by atoms with E-state index >= 15 is 0 Å². The molecule has 1 heterocycles. The van der Waals surface area contributed by atoms with Crippen molar-refractivity contribution in [2.24, 2.45) is 0 Å². The van der Waals surface area contributed by atoms with Crippen molar-refractivity contribution < 1.29 is 19.1 Å². The zero-order valence-corrected chi connectivity index (χ0v) is 21.4. The summed E-state index contributed by atoms with van der Waals surface area (Å²) in [5.74, 6) is -0.150. The van der Waals surface area contributed by atoms with Crippen LogP contribution in [0.25, 0.3) is 0 Å². The van der Waals surface area contributed by atoms with Crippen LogP contribution in [0.5, 0.6) is 5.75 Å². The lowest BCUT2D eigenvalue weighted by Crippen LogP contribution is -2.47. The topological polar surface area (TPSA) is 88.6 Å². The van der Waals surface area contributed by atoms with Crippen LogP contribution in [0.1, 0.15) is 78.4 Å². The monoisotopic (exact) mass is 499 g/mol. The third-order valence-corrected chi connectivity index (χ3v) is 6.60. The number of ether oxygens (including phenoxy) is 1. The molecule has 0 saturated heterocycles. The second kappa shape index (κ2) is 12.3. The van der Waals surface area contributed by atoms with E-state index in [-0.39, 0.29) is 23.4 Å². The van der Waals surface area contributed by atoms with E-state index in [2.05, 4.69) is 10.3 Å². The lowest BCUT2D eigenvalue weighted by atomic mass is 9.94. The molecule has 0 spiro atoms. The van der Waals surface area contributed by atoms with E-state index in [0.29, 0.717) is 29.2 Å². The van der Waals surface area contributed by atoms with Crippen LogP contribution in [-0.2, 0) is 4.79 Å². The number of hydrogen-bond donors (Lipinski definition) is 1. The maximum absolute atomic E-state index is 14.0. The number of nitrogens with one attached hydrogen (secondary N) is 1. The number of aromatic nitrogens is 1. The highest BCUT2D eigenvalue weighted by Crippen LogP contribution is 2.32. The molecule has 2 amide bonds. The van der Waals surface area contributed by atoms with E-state index in [1.807, 2.05) is 19.1 Å². The highest BCUT2D eigenvalue weighted by Gasteiger charge is 2.35. The molecule has 0 bridgehead atoms. The van der Waals surface area contributed by atoms with Crippen LogP contribution in [0, 0.1) is 0 Å². The lowest BCUT2D eigenvalue weighted by molar-refractivity contribution is -0.123. The first-order valence-corrected chi connectivity index (χ1v) is 12.9. The van der Waals surface area contributed by atoms with Gasteiger partial charge in [0.1, 0.15) is 17.5 Å². The van der Waals surface area contributed by atoms with Gasteiger partial charge >= 0.3 is 0 Å². The van der Waals surface area contributed by atoms with Crippen molar-refractivity contribution in [1.29, 1.82) is 0 Å².